The molecular formula is C20H17F4N3O. The van der Waals surface area contributed by atoms with Gasteiger partial charge in [0.2, 0.25) is 0 Å². The van der Waals surface area contributed by atoms with E-state index in [0.717, 1.165) is 12.3 Å². The Morgan fingerprint density at radius 1 is 1.14 bits per heavy atom. The molecule has 2 aromatic heterocycles. The Labute approximate surface area is 158 Å². The van der Waals surface area contributed by atoms with Gasteiger partial charge in [0.05, 0.1) is 22.8 Å². The van der Waals surface area contributed by atoms with Crippen LogP contribution in [0.15, 0.2) is 42.6 Å². The molecular weight excluding hydrogens is 374 g/mol. The summed E-state index contributed by atoms with van der Waals surface area (Å²) in [6.45, 7) is 0.708. The van der Waals surface area contributed by atoms with E-state index in [-0.39, 0.29) is 17.4 Å². The lowest BCUT2D eigenvalue weighted by Gasteiger charge is -2.33. The standard InChI is InChI=1S/C20H17F4N3O/c21-13-9-17-16(25-11-13)10-18(26-17)19(28)27-7-5-12(6-8-27)14-3-1-2-4-15(14)20(22,23)24/h1-4,9-12,26H,5-8H2. The first-order valence-corrected chi connectivity index (χ1v) is 8.92. The van der Waals surface area contributed by atoms with Crippen molar-refractivity contribution in [3.63, 3.8) is 0 Å². The topological polar surface area (TPSA) is 49.0 Å². The largest absolute Gasteiger partial charge is 0.416 e. The number of hydrogen-bond donors (Lipinski definition) is 1. The van der Waals surface area contributed by atoms with Crippen LogP contribution in [-0.2, 0) is 6.18 Å². The number of fused-ring (bicyclic) bond motifs is 1. The van der Waals surface area contributed by atoms with Crippen LogP contribution in [0, 0.1) is 5.82 Å². The molecule has 1 saturated heterocycles. The number of halogens is 4. The number of carbonyl (C=O) groups is 1. The van der Waals surface area contributed by atoms with E-state index in [2.05, 4.69) is 9.97 Å². The molecule has 1 N–H and O–H groups in total. The summed E-state index contributed by atoms with van der Waals surface area (Å²) in [5.74, 6) is -1.01. The number of H-pyrrole nitrogens is 1. The maximum atomic E-state index is 13.3. The number of likely N-dealkylation sites (tertiary alicyclic amines) is 1. The van der Waals surface area contributed by atoms with E-state index < -0.39 is 17.6 Å². The molecule has 0 unspecified atom stereocenters. The molecule has 4 nitrogen and oxygen atoms in total. The van der Waals surface area contributed by atoms with Gasteiger partial charge in [-0.1, -0.05) is 18.2 Å². The predicted molar refractivity (Wildman–Crippen MR) is 95.4 cm³/mol. The molecule has 0 spiro atoms. The number of rotatable bonds is 2. The molecule has 0 radical (unpaired) electrons. The van der Waals surface area contributed by atoms with Crippen LogP contribution in [0.4, 0.5) is 17.6 Å². The normalized spacial score (nSPS) is 15.9. The molecule has 0 atom stereocenters. The van der Waals surface area contributed by atoms with Crippen LogP contribution in [0.3, 0.4) is 0 Å². The minimum Gasteiger partial charge on any atom is -0.349 e. The van der Waals surface area contributed by atoms with E-state index in [4.69, 9.17) is 0 Å². The molecule has 0 bridgehead atoms. The average Bonchev–Trinajstić information content (AvgIpc) is 3.10. The lowest BCUT2D eigenvalue weighted by Crippen LogP contribution is -2.38. The number of alkyl halides is 3. The number of piperidine rings is 1. The fourth-order valence-electron chi connectivity index (χ4n) is 3.77. The molecule has 1 aromatic carbocycles. The lowest BCUT2D eigenvalue weighted by atomic mass is 9.86. The number of hydrogen-bond acceptors (Lipinski definition) is 2. The molecule has 1 fully saturated rings. The van der Waals surface area contributed by atoms with Crippen molar-refractivity contribution in [3.05, 3.63) is 65.2 Å². The zero-order valence-corrected chi connectivity index (χ0v) is 14.8. The van der Waals surface area contributed by atoms with Crippen LogP contribution in [0.2, 0.25) is 0 Å². The van der Waals surface area contributed by atoms with Crippen molar-refractivity contribution in [2.75, 3.05) is 13.1 Å². The number of amides is 1. The van der Waals surface area contributed by atoms with Crippen LogP contribution >= 0.6 is 0 Å². The molecule has 146 valence electrons. The Balaban J connectivity index is 1.49. The second-order valence-electron chi connectivity index (χ2n) is 6.92. The van der Waals surface area contributed by atoms with Gasteiger partial charge in [0.15, 0.2) is 0 Å². The first-order valence-electron chi connectivity index (χ1n) is 8.92. The maximum Gasteiger partial charge on any atom is 0.416 e. The van der Waals surface area contributed by atoms with E-state index in [9.17, 15) is 22.4 Å². The average molecular weight is 391 g/mol. The Hall–Kier alpha value is -2.90. The predicted octanol–water partition coefficient (Wildman–Crippen LogP) is 4.74. The molecule has 0 saturated carbocycles. The van der Waals surface area contributed by atoms with E-state index in [1.165, 1.54) is 18.2 Å². The zero-order chi connectivity index (χ0) is 19.9. The summed E-state index contributed by atoms with van der Waals surface area (Å²) in [6, 6.07) is 8.43. The van der Waals surface area contributed by atoms with Gasteiger partial charge in [-0.05, 0) is 36.5 Å². The number of benzene rings is 1. The van der Waals surface area contributed by atoms with Crippen molar-refractivity contribution in [3.8, 4) is 0 Å². The highest BCUT2D eigenvalue weighted by Gasteiger charge is 2.36. The Kier molecular flexibility index (Phi) is 4.56. The molecule has 3 aromatic rings. The number of nitrogens with one attached hydrogen (secondary N) is 1. The van der Waals surface area contributed by atoms with E-state index >= 15 is 0 Å². The molecule has 1 amide bonds. The van der Waals surface area contributed by atoms with Gasteiger partial charge in [-0.2, -0.15) is 13.2 Å². The van der Waals surface area contributed by atoms with Crippen LogP contribution in [-0.4, -0.2) is 33.9 Å². The summed E-state index contributed by atoms with van der Waals surface area (Å²) < 4.78 is 53.0. The lowest BCUT2D eigenvalue weighted by molar-refractivity contribution is -0.138. The van der Waals surface area contributed by atoms with Gasteiger partial charge in [-0.3, -0.25) is 9.78 Å². The van der Waals surface area contributed by atoms with Gasteiger partial charge < -0.3 is 9.88 Å². The number of carbonyl (C=O) groups excluding carboxylic acids is 1. The van der Waals surface area contributed by atoms with Gasteiger partial charge in [0, 0.05) is 19.2 Å². The molecule has 4 rings (SSSR count). The Bertz CT molecular complexity index is 1020. The third-order valence-corrected chi connectivity index (χ3v) is 5.15. The minimum atomic E-state index is -4.39. The highest BCUT2D eigenvalue weighted by molar-refractivity contribution is 5.97. The zero-order valence-electron chi connectivity index (χ0n) is 14.8. The second kappa shape index (κ2) is 6.92. The molecule has 0 aliphatic carbocycles. The van der Waals surface area contributed by atoms with Crippen LogP contribution in [0.5, 0.6) is 0 Å². The maximum absolute atomic E-state index is 13.3. The first kappa shape index (κ1) is 18.5. The summed E-state index contributed by atoms with van der Waals surface area (Å²) in [7, 11) is 0. The van der Waals surface area contributed by atoms with Crippen molar-refractivity contribution in [1.82, 2.24) is 14.9 Å². The van der Waals surface area contributed by atoms with Crippen molar-refractivity contribution in [2.45, 2.75) is 24.9 Å². The summed E-state index contributed by atoms with van der Waals surface area (Å²) in [5.41, 5.74) is 0.884. The van der Waals surface area contributed by atoms with Crippen molar-refractivity contribution in [2.24, 2.45) is 0 Å². The monoisotopic (exact) mass is 391 g/mol. The van der Waals surface area contributed by atoms with Gasteiger partial charge in [0.25, 0.3) is 5.91 Å². The highest BCUT2D eigenvalue weighted by Crippen LogP contribution is 2.38. The van der Waals surface area contributed by atoms with Crippen LogP contribution in [0.1, 0.15) is 40.4 Å². The van der Waals surface area contributed by atoms with E-state index in [1.54, 1.807) is 17.0 Å². The van der Waals surface area contributed by atoms with Crippen molar-refractivity contribution in [1.29, 1.82) is 0 Å². The number of aromatic amines is 1. The fraction of sp³-hybridized carbons (Fsp3) is 0.300. The molecule has 1 aliphatic heterocycles. The van der Waals surface area contributed by atoms with Gasteiger partial charge in [0.1, 0.15) is 11.5 Å². The van der Waals surface area contributed by atoms with Crippen molar-refractivity contribution < 1.29 is 22.4 Å². The van der Waals surface area contributed by atoms with Crippen LogP contribution in [0.25, 0.3) is 11.0 Å². The molecule has 3 heterocycles. The molecule has 8 heteroatoms. The van der Waals surface area contributed by atoms with Gasteiger partial charge >= 0.3 is 6.18 Å². The number of nitrogens with zero attached hydrogens (tertiary/aromatic N) is 2. The number of aromatic nitrogens is 2. The fourth-order valence-corrected chi connectivity index (χ4v) is 3.77. The SMILES string of the molecule is O=C(c1cc2ncc(F)cc2[nH]1)N1CCC(c2ccccc2C(F)(F)F)CC1. The Morgan fingerprint density at radius 2 is 1.86 bits per heavy atom. The summed E-state index contributed by atoms with van der Waals surface area (Å²) in [4.78, 5) is 21.1. The van der Waals surface area contributed by atoms with Gasteiger partial charge in [-0.15, -0.1) is 0 Å². The van der Waals surface area contributed by atoms with Crippen molar-refractivity contribution >= 4 is 16.9 Å². The summed E-state index contributed by atoms with van der Waals surface area (Å²) in [6.07, 6.45) is -2.41. The summed E-state index contributed by atoms with van der Waals surface area (Å²) in [5, 5.41) is 0. The third kappa shape index (κ3) is 3.46. The smallest absolute Gasteiger partial charge is 0.349 e. The highest BCUT2D eigenvalue weighted by atomic mass is 19.4. The van der Waals surface area contributed by atoms with Gasteiger partial charge in [-0.25, -0.2) is 4.39 Å². The second-order valence-corrected chi connectivity index (χ2v) is 6.92. The third-order valence-electron chi connectivity index (χ3n) is 5.15. The first-order chi connectivity index (χ1) is 13.3. The van der Waals surface area contributed by atoms with E-state index in [0.29, 0.717) is 42.7 Å². The van der Waals surface area contributed by atoms with Crippen LogP contribution < -0.4 is 0 Å². The molecule has 28 heavy (non-hydrogen) atoms. The number of pyridine rings is 1. The van der Waals surface area contributed by atoms with E-state index in [1.807, 2.05) is 0 Å². The Morgan fingerprint density at radius 3 is 2.57 bits per heavy atom. The summed E-state index contributed by atoms with van der Waals surface area (Å²) >= 11 is 0. The quantitative estimate of drug-likeness (QED) is 0.642. The minimum absolute atomic E-state index is 0.250. The molecule has 1 aliphatic rings.